The molecule has 21 heavy (non-hydrogen) atoms. The van der Waals surface area contributed by atoms with Gasteiger partial charge in [-0.3, -0.25) is 9.78 Å². The van der Waals surface area contributed by atoms with Crippen LogP contribution in [-0.4, -0.2) is 24.0 Å². The first kappa shape index (κ1) is 15.3. The van der Waals surface area contributed by atoms with Gasteiger partial charge in [0, 0.05) is 16.8 Å². The van der Waals surface area contributed by atoms with Crippen LogP contribution >= 0.6 is 11.6 Å². The molecule has 0 aliphatic rings. The van der Waals surface area contributed by atoms with Crippen molar-refractivity contribution < 1.29 is 14.3 Å². The lowest BCUT2D eigenvalue weighted by atomic mass is 10.0. The highest BCUT2D eigenvalue weighted by Gasteiger charge is 2.16. The molecule has 2 aromatic rings. The first-order chi connectivity index (χ1) is 10.0. The Labute approximate surface area is 128 Å². The second-order valence-electron chi connectivity index (χ2n) is 4.75. The molecule has 2 rings (SSSR count). The molecule has 0 spiro atoms. The van der Waals surface area contributed by atoms with Crippen LogP contribution < -0.4 is 9.47 Å². The van der Waals surface area contributed by atoms with Crippen LogP contribution in [0.15, 0.2) is 36.7 Å². The van der Waals surface area contributed by atoms with Crippen LogP contribution in [0, 0.1) is 0 Å². The number of carbonyl (C=O) groups is 1. The SMILES string of the molecule is COc1ccc(Cl)cc1C(=O)c1cncc(OC(C)C)c1. The highest BCUT2D eigenvalue weighted by atomic mass is 35.5. The van der Waals surface area contributed by atoms with Crippen LogP contribution in [0.4, 0.5) is 0 Å². The maximum absolute atomic E-state index is 12.6. The Bertz CT molecular complexity index is 656. The predicted octanol–water partition coefficient (Wildman–Crippen LogP) is 3.76. The summed E-state index contributed by atoms with van der Waals surface area (Å²) in [5.41, 5.74) is 0.821. The number of pyridine rings is 1. The maximum atomic E-state index is 12.6. The highest BCUT2D eigenvalue weighted by Crippen LogP contribution is 2.26. The fourth-order valence-electron chi connectivity index (χ4n) is 1.89. The maximum Gasteiger partial charge on any atom is 0.198 e. The van der Waals surface area contributed by atoms with Crippen molar-refractivity contribution in [2.45, 2.75) is 20.0 Å². The quantitative estimate of drug-likeness (QED) is 0.789. The number of benzene rings is 1. The Morgan fingerprint density at radius 3 is 2.67 bits per heavy atom. The molecule has 0 aliphatic carbocycles. The minimum Gasteiger partial charge on any atom is -0.496 e. The number of methoxy groups -OCH3 is 1. The molecule has 0 bridgehead atoms. The van der Waals surface area contributed by atoms with Crippen molar-refractivity contribution in [2.75, 3.05) is 7.11 Å². The lowest BCUT2D eigenvalue weighted by molar-refractivity contribution is 0.103. The standard InChI is InChI=1S/C16H16ClNO3/c1-10(2)21-13-6-11(8-18-9-13)16(19)14-7-12(17)4-5-15(14)20-3/h4-10H,1-3H3. The lowest BCUT2D eigenvalue weighted by Crippen LogP contribution is -2.08. The van der Waals surface area contributed by atoms with Gasteiger partial charge in [-0.05, 0) is 38.1 Å². The van der Waals surface area contributed by atoms with Crippen LogP contribution in [0.25, 0.3) is 0 Å². The van der Waals surface area contributed by atoms with Crippen LogP contribution in [0.3, 0.4) is 0 Å². The molecule has 4 nitrogen and oxygen atoms in total. The molecule has 110 valence electrons. The number of halogens is 1. The van der Waals surface area contributed by atoms with Gasteiger partial charge in [-0.25, -0.2) is 0 Å². The summed E-state index contributed by atoms with van der Waals surface area (Å²) in [6.07, 6.45) is 3.08. The molecule has 1 heterocycles. The fourth-order valence-corrected chi connectivity index (χ4v) is 2.06. The second-order valence-corrected chi connectivity index (χ2v) is 5.19. The van der Waals surface area contributed by atoms with E-state index in [1.165, 1.54) is 13.3 Å². The fraction of sp³-hybridized carbons (Fsp3) is 0.250. The third-order valence-corrected chi connectivity index (χ3v) is 2.99. The molecule has 0 saturated heterocycles. The van der Waals surface area contributed by atoms with E-state index in [0.717, 1.165) is 0 Å². The third-order valence-electron chi connectivity index (χ3n) is 2.75. The van der Waals surface area contributed by atoms with E-state index in [-0.39, 0.29) is 11.9 Å². The van der Waals surface area contributed by atoms with Gasteiger partial charge in [0.2, 0.25) is 0 Å². The number of hydrogen-bond acceptors (Lipinski definition) is 4. The summed E-state index contributed by atoms with van der Waals surface area (Å²) in [5.74, 6) is 0.812. The Kier molecular flexibility index (Phi) is 4.81. The molecule has 0 unspecified atom stereocenters. The Hall–Kier alpha value is -2.07. The van der Waals surface area contributed by atoms with E-state index in [2.05, 4.69) is 4.98 Å². The molecule has 0 radical (unpaired) electrons. The van der Waals surface area contributed by atoms with Gasteiger partial charge in [-0.2, -0.15) is 0 Å². The van der Waals surface area contributed by atoms with E-state index in [1.807, 2.05) is 13.8 Å². The van der Waals surface area contributed by atoms with E-state index < -0.39 is 0 Å². The second kappa shape index (κ2) is 6.59. The number of ketones is 1. The first-order valence-corrected chi connectivity index (χ1v) is 6.89. The van der Waals surface area contributed by atoms with Crippen molar-refractivity contribution in [3.05, 3.63) is 52.8 Å². The van der Waals surface area contributed by atoms with Gasteiger partial charge in [0.25, 0.3) is 0 Å². The van der Waals surface area contributed by atoms with Crippen molar-refractivity contribution in [2.24, 2.45) is 0 Å². The van der Waals surface area contributed by atoms with Crippen molar-refractivity contribution in [1.82, 2.24) is 4.98 Å². The number of ether oxygens (including phenoxy) is 2. The van der Waals surface area contributed by atoms with Gasteiger partial charge in [0.15, 0.2) is 5.78 Å². The van der Waals surface area contributed by atoms with Crippen LogP contribution in [-0.2, 0) is 0 Å². The number of nitrogens with zero attached hydrogens (tertiary/aromatic N) is 1. The molecule has 0 fully saturated rings. The zero-order valence-electron chi connectivity index (χ0n) is 12.1. The summed E-state index contributed by atoms with van der Waals surface area (Å²) in [4.78, 5) is 16.6. The molecule has 0 atom stereocenters. The monoisotopic (exact) mass is 305 g/mol. The topological polar surface area (TPSA) is 48.4 Å². The molecular formula is C16H16ClNO3. The summed E-state index contributed by atoms with van der Waals surface area (Å²) < 4.78 is 10.8. The number of rotatable bonds is 5. The Balaban J connectivity index is 2.38. The number of hydrogen-bond donors (Lipinski definition) is 0. The number of carbonyl (C=O) groups excluding carboxylic acids is 1. The van der Waals surface area contributed by atoms with Gasteiger partial charge in [-0.15, -0.1) is 0 Å². The van der Waals surface area contributed by atoms with Crippen molar-refractivity contribution >= 4 is 17.4 Å². The molecule has 0 aliphatic heterocycles. The summed E-state index contributed by atoms with van der Waals surface area (Å²) in [5, 5.41) is 0.474. The molecule has 1 aromatic heterocycles. The number of aromatic nitrogens is 1. The minimum atomic E-state index is -0.212. The molecule has 0 saturated carbocycles. The Morgan fingerprint density at radius 1 is 1.24 bits per heavy atom. The summed E-state index contributed by atoms with van der Waals surface area (Å²) in [6.45, 7) is 3.82. The largest absolute Gasteiger partial charge is 0.496 e. The van der Waals surface area contributed by atoms with E-state index in [0.29, 0.717) is 27.6 Å². The molecule has 0 amide bonds. The molecular weight excluding hydrogens is 290 g/mol. The zero-order chi connectivity index (χ0) is 15.4. The molecule has 5 heteroatoms. The average molecular weight is 306 g/mol. The predicted molar refractivity (Wildman–Crippen MR) is 81.4 cm³/mol. The first-order valence-electron chi connectivity index (χ1n) is 6.51. The van der Waals surface area contributed by atoms with E-state index in [9.17, 15) is 4.79 Å². The lowest BCUT2D eigenvalue weighted by Gasteiger charge is -2.11. The van der Waals surface area contributed by atoms with Crippen LogP contribution in [0.2, 0.25) is 5.02 Å². The van der Waals surface area contributed by atoms with E-state index >= 15 is 0 Å². The Morgan fingerprint density at radius 2 is 2.00 bits per heavy atom. The van der Waals surface area contributed by atoms with Crippen molar-refractivity contribution in [1.29, 1.82) is 0 Å². The normalized spacial score (nSPS) is 10.5. The van der Waals surface area contributed by atoms with Crippen molar-refractivity contribution in [3.8, 4) is 11.5 Å². The van der Waals surface area contributed by atoms with Gasteiger partial charge in [-0.1, -0.05) is 11.6 Å². The van der Waals surface area contributed by atoms with Gasteiger partial charge in [0.05, 0.1) is 25.0 Å². The highest BCUT2D eigenvalue weighted by molar-refractivity contribution is 6.31. The smallest absolute Gasteiger partial charge is 0.198 e. The summed E-state index contributed by atoms with van der Waals surface area (Å²) in [7, 11) is 1.51. The molecule has 0 N–H and O–H groups in total. The average Bonchev–Trinajstić information content (AvgIpc) is 2.46. The molecule has 1 aromatic carbocycles. The van der Waals surface area contributed by atoms with Crippen molar-refractivity contribution in [3.63, 3.8) is 0 Å². The van der Waals surface area contributed by atoms with Crippen LogP contribution in [0.5, 0.6) is 11.5 Å². The van der Waals surface area contributed by atoms with Gasteiger partial charge in [0.1, 0.15) is 11.5 Å². The third kappa shape index (κ3) is 3.73. The van der Waals surface area contributed by atoms with Crippen LogP contribution in [0.1, 0.15) is 29.8 Å². The summed E-state index contributed by atoms with van der Waals surface area (Å²) >= 11 is 5.96. The summed E-state index contributed by atoms with van der Waals surface area (Å²) in [6, 6.07) is 6.58. The van der Waals surface area contributed by atoms with Gasteiger partial charge < -0.3 is 9.47 Å². The minimum absolute atomic E-state index is 0.0119. The van der Waals surface area contributed by atoms with E-state index in [4.69, 9.17) is 21.1 Å². The van der Waals surface area contributed by atoms with E-state index in [1.54, 1.807) is 30.5 Å². The zero-order valence-corrected chi connectivity index (χ0v) is 12.8. The van der Waals surface area contributed by atoms with Gasteiger partial charge >= 0.3 is 0 Å².